The average molecular weight is 409 g/mol. The van der Waals surface area contributed by atoms with Crippen LogP contribution in [0.15, 0.2) is 40.9 Å². The third kappa shape index (κ3) is 5.04. The average Bonchev–Trinajstić information content (AvgIpc) is 2.61. The molecule has 2 aromatic carbocycles. The lowest BCUT2D eigenvalue weighted by molar-refractivity contribution is -0.116. The first-order chi connectivity index (χ1) is 12.1. The number of benzene rings is 2. The van der Waals surface area contributed by atoms with Crippen LogP contribution in [0.4, 0.5) is 0 Å². The number of halogens is 1. The normalized spacial score (nSPS) is 10.6. The Bertz CT molecular complexity index is 715. The zero-order valence-electron chi connectivity index (χ0n) is 14.5. The molecule has 0 atom stereocenters. The van der Waals surface area contributed by atoms with Gasteiger partial charge in [-0.1, -0.05) is 30.3 Å². The van der Waals surface area contributed by atoms with Crippen LogP contribution in [0.25, 0.3) is 11.1 Å². The molecule has 5 nitrogen and oxygen atoms in total. The highest BCUT2D eigenvalue weighted by atomic mass is 79.9. The summed E-state index contributed by atoms with van der Waals surface area (Å²) >= 11 is 3.57. The molecule has 0 spiro atoms. The molecule has 0 amide bonds. The Kier molecular flexibility index (Phi) is 7.43. The van der Waals surface area contributed by atoms with Crippen molar-refractivity contribution in [3.8, 4) is 22.6 Å². The molecule has 0 bridgehead atoms. The van der Waals surface area contributed by atoms with Gasteiger partial charge in [0.15, 0.2) is 13.6 Å². The van der Waals surface area contributed by atoms with Gasteiger partial charge in [-0.25, -0.2) is 0 Å². The van der Waals surface area contributed by atoms with Gasteiger partial charge in [0.05, 0.1) is 4.47 Å². The van der Waals surface area contributed by atoms with Crippen molar-refractivity contribution in [2.45, 2.75) is 13.3 Å². The van der Waals surface area contributed by atoms with Crippen LogP contribution >= 0.6 is 15.9 Å². The largest absolute Gasteiger partial charge is 0.467 e. The van der Waals surface area contributed by atoms with E-state index in [2.05, 4.69) is 15.9 Å². The predicted octanol–water partition coefficient (Wildman–Crippen LogP) is 4.21. The third-order valence-corrected chi connectivity index (χ3v) is 4.31. The molecule has 0 aliphatic carbocycles. The van der Waals surface area contributed by atoms with Crippen molar-refractivity contribution in [3.63, 3.8) is 0 Å². The zero-order chi connectivity index (χ0) is 18.2. The van der Waals surface area contributed by atoms with E-state index in [1.165, 1.54) is 0 Å². The fourth-order valence-electron chi connectivity index (χ4n) is 2.46. The van der Waals surface area contributed by atoms with E-state index in [9.17, 15) is 4.79 Å². The van der Waals surface area contributed by atoms with Gasteiger partial charge in [0.25, 0.3) is 0 Å². The smallest absolute Gasteiger partial charge is 0.188 e. The first-order valence-corrected chi connectivity index (χ1v) is 8.51. The summed E-state index contributed by atoms with van der Waals surface area (Å²) in [7, 11) is 3.10. The molecule has 2 aromatic rings. The molecule has 6 heteroatoms. The third-order valence-electron chi connectivity index (χ3n) is 3.44. The topological polar surface area (TPSA) is 54.0 Å². The van der Waals surface area contributed by atoms with Crippen LogP contribution in [0, 0.1) is 0 Å². The van der Waals surface area contributed by atoms with Crippen molar-refractivity contribution in [2.24, 2.45) is 0 Å². The molecule has 0 saturated carbocycles. The monoisotopic (exact) mass is 408 g/mol. The van der Waals surface area contributed by atoms with Crippen LogP contribution in [0.1, 0.15) is 12.5 Å². The molecule has 0 fully saturated rings. The van der Waals surface area contributed by atoms with Gasteiger partial charge in [0, 0.05) is 32.3 Å². The molecule has 134 valence electrons. The van der Waals surface area contributed by atoms with E-state index in [0.29, 0.717) is 16.0 Å². The molecule has 0 aliphatic heterocycles. The van der Waals surface area contributed by atoms with Crippen LogP contribution in [0.3, 0.4) is 0 Å². The Morgan fingerprint density at radius 3 is 2.16 bits per heavy atom. The van der Waals surface area contributed by atoms with Crippen molar-refractivity contribution in [2.75, 3.05) is 27.8 Å². The van der Waals surface area contributed by atoms with Gasteiger partial charge in [0.1, 0.15) is 17.3 Å². The van der Waals surface area contributed by atoms with Crippen molar-refractivity contribution in [1.82, 2.24) is 0 Å². The number of hydrogen-bond acceptors (Lipinski definition) is 5. The van der Waals surface area contributed by atoms with Crippen LogP contribution in [-0.2, 0) is 20.7 Å². The fourth-order valence-corrected chi connectivity index (χ4v) is 3.03. The molecule has 0 unspecified atom stereocenters. The van der Waals surface area contributed by atoms with E-state index in [-0.39, 0.29) is 25.8 Å². The summed E-state index contributed by atoms with van der Waals surface area (Å²) in [5.74, 6) is 1.17. The Morgan fingerprint density at radius 1 is 1.00 bits per heavy atom. The van der Waals surface area contributed by atoms with Gasteiger partial charge < -0.3 is 18.9 Å². The molecular formula is C19H21BrO5. The van der Waals surface area contributed by atoms with E-state index >= 15 is 0 Å². The first-order valence-electron chi connectivity index (χ1n) is 7.72. The Balaban J connectivity index is 2.66. The summed E-state index contributed by atoms with van der Waals surface area (Å²) in [6.07, 6.45) is 0.248. The Labute approximate surface area is 156 Å². The summed E-state index contributed by atoms with van der Waals surface area (Å²) in [5.41, 5.74) is 2.59. The number of hydrogen-bond donors (Lipinski definition) is 0. The van der Waals surface area contributed by atoms with Crippen molar-refractivity contribution in [3.05, 3.63) is 46.4 Å². The van der Waals surface area contributed by atoms with Gasteiger partial charge in [-0.15, -0.1) is 0 Å². The maximum Gasteiger partial charge on any atom is 0.188 e. The highest BCUT2D eigenvalue weighted by Gasteiger charge is 2.21. The minimum Gasteiger partial charge on any atom is -0.467 e. The first kappa shape index (κ1) is 19.4. The number of ketones is 1. The number of methoxy groups -OCH3 is 2. The number of Topliss-reactive ketones (excluding diaryl/α,β-unsaturated/α-hetero) is 1. The van der Waals surface area contributed by atoms with Crippen molar-refractivity contribution in [1.29, 1.82) is 0 Å². The lowest BCUT2D eigenvalue weighted by Crippen LogP contribution is -2.08. The van der Waals surface area contributed by atoms with Crippen molar-refractivity contribution < 1.29 is 23.7 Å². The number of carbonyl (C=O) groups excluding carboxylic acids is 1. The molecule has 2 rings (SSSR count). The maximum atomic E-state index is 11.8. The van der Waals surface area contributed by atoms with Gasteiger partial charge in [-0.05, 0) is 34.0 Å². The van der Waals surface area contributed by atoms with Crippen molar-refractivity contribution >= 4 is 21.7 Å². The van der Waals surface area contributed by atoms with E-state index in [4.69, 9.17) is 18.9 Å². The molecule has 0 saturated heterocycles. The number of rotatable bonds is 9. The summed E-state index contributed by atoms with van der Waals surface area (Å²) in [5, 5.41) is 0. The molecule has 25 heavy (non-hydrogen) atoms. The standard InChI is InChI=1S/C19H21BrO5/c1-13(21)9-15-18(14-7-5-4-6-8-14)16(24-11-22-2)10-17(19(15)20)25-12-23-3/h4-8,10H,9,11-12H2,1-3H3. The second-order valence-corrected chi connectivity index (χ2v) is 6.18. The van der Waals surface area contributed by atoms with E-state index in [0.717, 1.165) is 16.7 Å². The minimum absolute atomic E-state index is 0.0412. The summed E-state index contributed by atoms with van der Waals surface area (Å²) in [6, 6.07) is 11.5. The molecule has 0 heterocycles. The van der Waals surface area contributed by atoms with Crippen LogP contribution < -0.4 is 9.47 Å². The van der Waals surface area contributed by atoms with E-state index in [1.807, 2.05) is 30.3 Å². The lowest BCUT2D eigenvalue weighted by atomic mass is 9.95. The molecule has 0 aromatic heterocycles. The molecule has 0 radical (unpaired) electrons. The second kappa shape index (κ2) is 9.56. The zero-order valence-corrected chi connectivity index (χ0v) is 16.1. The van der Waals surface area contributed by atoms with Gasteiger partial charge in [-0.2, -0.15) is 0 Å². The quantitative estimate of drug-likeness (QED) is 0.581. The minimum atomic E-state index is 0.0412. The lowest BCUT2D eigenvalue weighted by Gasteiger charge is -2.20. The van der Waals surface area contributed by atoms with Crippen LogP contribution in [0.5, 0.6) is 11.5 Å². The summed E-state index contributed by atoms with van der Waals surface area (Å²) < 4.78 is 22.1. The highest BCUT2D eigenvalue weighted by Crippen LogP contribution is 2.43. The molecule has 0 aliphatic rings. The SMILES string of the molecule is COCOc1cc(OCOC)c(-c2ccccc2)c(CC(C)=O)c1Br. The van der Waals surface area contributed by atoms with Gasteiger partial charge in [-0.3, -0.25) is 4.79 Å². The van der Waals surface area contributed by atoms with Crippen LogP contribution in [-0.4, -0.2) is 33.6 Å². The Morgan fingerprint density at radius 2 is 1.60 bits per heavy atom. The Hall–Kier alpha value is -1.89. The number of carbonyl (C=O) groups is 1. The van der Waals surface area contributed by atoms with Gasteiger partial charge >= 0.3 is 0 Å². The molecular weight excluding hydrogens is 388 g/mol. The second-order valence-electron chi connectivity index (χ2n) is 5.39. The summed E-state index contributed by atoms with van der Waals surface area (Å²) in [6.45, 7) is 1.73. The highest BCUT2D eigenvalue weighted by molar-refractivity contribution is 9.10. The fraction of sp³-hybridized carbons (Fsp3) is 0.316. The van der Waals surface area contributed by atoms with Gasteiger partial charge in [0.2, 0.25) is 0 Å². The summed E-state index contributed by atoms with van der Waals surface area (Å²) in [4.78, 5) is 11.8. The van der Waals surface area contributed by atoms with E-state index in [1.54, 1.807) is 27.2 Å². The number of ether oxygens (including phenoxy) is 4. The van der Waals surface area contributed by atoms with Crippen LogP contribution in [0.2, 0.25) is 0 Å². The maximum absolute atomic E-state index is 11.8. The molecule has 0 N–H and O–H groups in total. The van der Waals surface area contributed by atoms with E-state index < -0.39 is 0 Å². The predicted molar refractivity (Wildman–Crippen MR) is 99.0 cm³/mol.